The molecule has 0 aliphatic carbocycles. The Balaban J connectivity index is 1.43. The Morgan fingerprint density at radius 2 is 1.69 bits per heavy atom. The summed E-state index contributed by atoms with van der Waals surface area (Å²) in [5.41, 5.74) is 0.149. The fraction of sp³-hybridized carbons (Fsp3) is 0.0833. The van der Waals surface area contributed by atoms with Crippen LogP contribution in [0.15, 0.2) is 60.8 Å². The summed E-state index contributed by atoms with van der Waals surface area (Å²) in [6, 6.07) is 13.1. The molecule has 180 valence electrons. The molecule has 4 aromatic rings. The van der Waals surface area contributed by atoms with E-state index in [1.54, 1.807) is 42.5 Å². The van der Waals surface area contributed by atoms with Crippen LogP contribution in [-0.2, 0) is 13.2 Å². The normalized spacial score (nSPS) is 10.9. The number of ether oxygens (including phenoxy) is 1. The molecule has 0 aliphatic heterocycles. The number of rotatable bonds is 7. The van der Waals surface area contributed by atoms with Gasteiger partial charge in [0.05, 0.1) is 17.1 Å². The van der Waals surface area contributed by atoms with Gasteiger partial charge in [-0.25, -0.2) is 17.6 Å². The quantitative estimate of drug-likeness (QED) is 0.218. The predicted octanol–water partition coefficient (Wildman–Crippen LogP) is 6.63. The van der Waals surface area contributed by atoms with E-state index in [4.69, 9.17) is 27.9 Å². The van der Waals surface area contributed by atoms with Crippen molar-refractivity contribution in [2.24, 2.45) is 0 Å². The lowest BCUT2D eigenvalue weighted by atomic mass is 10.1. The molecule has 0 atom stereocenters. The van der Waals surface area contributed by atoms with E-state index in [9.17, 15) is 22.4 Å². The topological polar surface area (TPSA) is 56.2 Å². The number of hydrogen-bond acceptors (Lipinski definition) is 3. The zero-order valence-electron chi connectivity index (χ0n) is 17.7. The summed E-state index contributed by atoms with van der Waals surface area (Å²) in [7, 11) is 0. The highest BCUT2D eigenvalue weighted by Gasteiger charge is 2.20. The van der Waals surface area contributed by atoms with E-state index in [2.05, 4.69) is 10.4 Å². The first-order valence-electron chi connectivity index (χ1n) is 10.1. The molecule has 0 fully saturated rings. The Morgan fingerprint density at radius 1 is 0.971 bits per heavy atom. The molecule has 5 nitrogen and oxygen atoms in total. The van der Waals surface area contributed by atoms with E-state index in [1.807, 2.05) is 0 Å². The Bertz CT molecular complexity index is 1390. The van der Waals surface area contributed by atoms with Crippen molar-refractivity contribution < 1.29 is 27.1 Å². The van der Waals surface area contributed by atoms with Crippen LogP contribution < -0.4 is 10.1 Å². The summed E-state index contributed by atoms with van der Waals surface area (Å²) in [4.78, 5) is 12.6. The smallest absolute Gasteiger partial charge is 0.256 e. The molecule has 0 aliphatic rings. The number of carbonyl (C=O) groups excluding carboxylic acids is 1. The zero-order chi connectivity index (χ0) is 25.1. The first kappa shape index (κ1) is 24.6. The summed E-state index contributed by atoms with van der Waals surface area (Å²) < 4.78 is 61.4. The summed E-state index contributed by atoms with van der Waals surface area (Å²) >= 11 is 12.1. The number of carbonyl (C=O) groups is 1. The molecule has 1 amide bonds. The van der Waals surface area contributed by atoms with Gasteiger partial charge in [-0.2, -0.15) is 5.10 Å². The fourth-order valence-electron chi connectivity index (χ4n) is 3.19. The zero-order valence-corrected chi connectivity index (χ0v) is 19.2. The summed E-state index contributed by atoms with van der Waals surface area (Å²) in [5, 5.41) is 7.16. The van der Waals surface area contributed by atoms with Gasteiger partial charge >= 0.3 is 0 Å². The molecule has 3 aromatic carbocycles. The van der Waals surface area contributed by atoms with Crippen LogP contribution in [0.1, 0.15) is 21.5 Å². The van der Waals surface area contributed by atoms with Crippen molar-refractivity contribution in [2.45, 2.75) is 13.2 Å². The van der Waals surface area contributed by atoms with Gasteiger partial charge in [0.15, 0.2) is 29.1 Å². The molecule has 0 saturated heterocycles. The van der Waals surface area contributed by atoms with Crippen LogP contribution >= 0.6 is 23.2 Å². The average Bonchev–Trinajstić information content (AvgIpc) is 3.28. The number of aromatic nitrogens is 2. The lowest BCUT2D eigenvalue weighted by Crippen LogP contribution is -2.14. The van der Waals surface area contributed by atoms with Crippen LogP contribution in [0.4, 0.5) is 23.4 Å². The third kappa shape index (κ3) is 5.58. The maximum atomic E-state index is 13.9. The van der Waals surface area contributed by atoms with Crippen molar-refractivity contribution in [3.8, 4) is 5.75 Å². The summed E-state index contributed by atoms with van der Waals surface area (Å²) in [6.45, 7) is -0.460. The van der Waals surface area contributed by atoms with Crippen LogP contribution in [-0.4, -0.2) is 15.7 Å². The molecular formula is C24H15Cl2F4N3O2. The highest BCUT2D eigenvalue weighted by atomic mass is 35.5. The van der Waals surface area contributed by atoms with E-state index in [1.165, 1.54) is 12.3 Å². The largest absolute Gasteiger partial charge is 0.487 e. The summed E-state index contributed by atoms with van der Waals surface area (Å²) in [5.74, 6) is -6.09. The standard InChI is InChI=1S/C24H15Cl2F4N3O2/c25-16-5-2-6-19(21(16)26)35-12-13-3-1-4-14(9-13)24(34)31-20-7-8-33(32-20)11-15-22(29)17(27)10-18(28)23(15)30/h1-10H,11-12H2,(H,31,32,34). The molecule has 0 radical (unpaired) electrons. The van der Waals surface area contributed by atoms with E-state index >= 15 is 0 Å². The molecule has 11 heteroatoms. The van der Waals surface area contributed by atoms with Crippen molar-refractivity contribution in [3.05, 3.63) is 111 Å². The van der Waals surface area contributed by atoms with Gasteiger partial charge in [0.1, 0.15) is 17.4 Å². The number of nitrogens with zero attached hydrogens (tertiary/aromatic N) is 2. The van der Waals surface area contributed by atoms with Gasteiger partial charge in [-0.1, -0.05) is 41.4 Å². The fourth-order valence-corrected chi connectivity index (χ4v) is 3.53. The highest BCUT2D eigenvalue weighted by molar-refractivity contribution is 6.42. The van der Waals surface area contributed by atoms with Gasteiger partial charge in [-0.05, 0) is 29.8 Å². The second-order valence-electron chi connectivity index (χ2n) is 7.34. The van der Waals surface area contributed by atoms with Crippen LogP contribution in [0.5, 0.6) is 5.75 Å². The maximum Gasteiger partial charge on any atom is 0.256 e. The van der Waals surface area contributed by atoms with Crippen molar-refractivity contribution in [3.63, 3.8) is 0 Å². The van der Waals surface area contributed by atoms with Crippen molar-refractivity contribution >= 4 is 34.9 Å². The minimum Gasteiger partial charge on any atom is -0.487 e. The molecule has 35 heavy (non-hydrogen) atoms. The van der Waals surface area contributed by atoms with Gasteiger partial charge in [0.25, 0.3) is 5.91 Å². The van der Waals surface area contributed by atoms with Crippen molar-refractivity contribution in [1.82, 2.24) is 9.78 Å². The highest BCUT2D eigenvalue weighted by Crippen LogP contribution is 2.32. The number of amides is 1. The second-order valence-corrected chi connectivity index (χ2v) is 8.13. The van der Waals surface area contributed by atoms with Crippen LogP contribution in [0.3, 0.4) is 0 Å². The lowest BCUT2D eigenvalue weighted by Gasteiger charge is -2.10. The molecule has 4 rings (SSSR count). The second kappa shape index (κ2) is 10.4. The first-order chi connectivity index (χ1) is 16.7. The lowest BCUT2D eigenvalue weighted by molar-refractivity contribution is 0.102. The van der Waals surface area contributed by atoms with E-state index in [0.29, 0.717) is 21.9 Å². The van der Waals surface area contributed by atoms with Gasteiger partial charge in [-0.15, -0.1) is 0 Å². The third-order valence-electron chi connectivity index (χ3n) is 4.90. The molecule has 0 unspecified atom stereocenters. The minimum atomic E-state index is -1.51. The predicted molar refractivity (Wildman–Crippen MR) is 123 cm³/mol. The Labute approximate surface area is 206 Å². The monoisotopic (exact) mass is 523 g/mol. The number of nitrogens with one attached hydrogen (secondary N) is 1. The van der Waals surface area contributed by atoms with Crippen LogP contribution in [0, 0.1) is 23.3 Å². The molecule has 1 aromatic heterocycles. The van der Waals surface area contributed by atoms with E-state index in [0.717, 1.165) is 4.68 Å². The molecule has 0 bridgehead atoms. The molecule has 1 heterocycles. The van der Waals surface area contributed by atoms with E-state index in [-0.39, 0.29) is 23.5 Å². The number of anilines is 1. The van der Waals surface area contributed by atoms with Crippen LogP contribution in [0.25, 0.3) is 0 Å². The number of halogens is 6. The Morgan fingerprint density at radius 3 is 2.43 bits per heavy atom. The van der Waals surface area contributed by atoms with Gasteiger partial charge in [0.2, 0.25) is 0 Å². The van der Waals surface area contributed by atoms with Crippen molar-refractivity contribution in [2.75, 3.05) is 5.32 Å². The SMILES string of the molecule is O=C(Nc1ccn(Cc2c(F)c(F)cc(F)c2F)n1)c1cccc(COc2cccc(Cl)c2Cl)c1. The number of hydrogen-bond donors (Lipinski definition) is 1. The Hall–Kier alpha value is -3.56. The maximum absolute atomic E-state index is 13.9. The van der Waals surface area contributed by atoms with Gasteiger partial charge < -0.3 is 10.1 Å². The number of benzene rings is 3. The molecule has 0 spiro atoms. The van der Waals surface area contributed by atoms with E-state index < -0.39 is 41.3 Å². The first-order valence-corrected chi connectivity index (χ1v) is 10.8. The summed E-state index contributed by atoms with van der Waals surface area (Å²) in [6.07, 6.45) is 1.30. The molecule has 1 N–H and O–H groups in total. The van der Waals surface area contributed by atoms with Crippen LogP contribution in [0.2, 0.25) is 10.0 Å². The minimum absolute atomic E-state index is 0.0695. The Kier molecular flexibility index (Phi) is 7.28. The third-order valence-corrected chi connectivity index (χ3v) is 5.71. The van der Waals surface area contributed by atoms with Gasteiger partial charge in [0, 0.05) is 23.9 Å². The molecular weight excluding hydrogens is 509 g/mol. The average molecular weight is 524 g/mol. The van der Waals surface area contributed by atoms with Crippen molar-refractivity contribution in [1.29, 1.82) is 0 Å². The van der Waals surface area contributed by atoms with Gasteiger partial charge in [-0.3, -0.25) is 9.48 Å². The molecule has 0 saturated carbocycles.